The first-order valence-electron chi connectivity index (χ1n) is 8.48. The molecule has 7 heteroatoms. The largest absolute Gasteiger partial charge is 0.491 e. The third kappa shape index (κ3) is 4.09. The number of hydrogen-bond donors (Lipinski definition) is 2. The van der Waals surface area contributed by atoms with Gasteiger partial charge in [0.15, 0.2) is 17.5 Å². The van der Waals surface area contributed by atoms with Gasteiger partial charge >= 0.3 is 6.03 Å². The molecule has 1 aliphatic rings. The van der Waals surface area contributed by atoms with Crippen molar-refractivity contribution in [2.45, 2.75) is 25.7 Å². The van der Waals surface area contributed by atoms with Gasteiger partial charge in [0.05, 0.1) is 12.2 Å². The normalized spacial score (nSPS) is 13.0. The zero-order valence-electron chi connectivity index (χ0n) is 14.1. The van der Waals surface area contributed by atoms with Crippen molar-refractivity contribution in [3.63, 3.8) is 0 Å². The molecule has 4 nitrogen and oxygen atoms in total. The van der Waals surface area contributed by atoms with Crippen molar-refractivity contribution in [3.05, 3.63) is 58.9 Å². The van der Waals surface area contributed by atoms with Crippen LogP contribution in [0.5, 0.6) is 5.75 Å². The number of carbonyl (C=O) groups excluding carboxylic acids is 1. The molecular weight excluding hydrogens is 345 g/mol. The van der Waals surface area contributed by atoms with E-state index < -0.39 is 29.2 Å². The summed E-state index contributed by atoms with van der Waals surface area (Å²) in [6.07, 6.45) is 4.34. The molecule has 138 valence electrons. The molecule has 0 radical (unpaired) electrons. The fourth-order valence-corrected chi connectivity index (χ4v) is 3.00. The third-order valence-corrected chi connectivity index (χ3v) is 4.28. The van der Waals surface area contributed by atoms with E-state index >= 15 is 0 Å². The average molecular weight is 364 g/mol. The molecule has 0 saturated carbocycles. The maximum Gasteiger partial charge on any atom is 0.319 e. The highest BCUT2D eigenvalue weighted by Crippen LogP contribution is 2.29. The molecule has 3 rings (SSSR count). The molecular formula is C19H19F3N2O2. The summed E-state index contributed by atoms with van der Waals surface area (Å²) in [5.41, 5.74) is 2.08. The van der Waals surface area contributed by atoms with E-state index in [0.29, 0.717) is 0 Å². The molecule has 0 heterocycles. The Balaban J connectivity index is 1.48. The topological polar surface area (TPSA) is 50.4 Å². The van der Waals surface area contributed by atoms with Crippen LogP contribution in [-0.4, -0.2) is 19.2 Å². The first-order valence-corrected chi connectivity index (χ1v) is 8.48. The number of aryl methyl sites for hydroxylation is 1. The summed E-state index contributed by atoms with van der Waals surface area (Å²) in [6, 6.07) is 6.93. The number of fused-ring (bicyclic) bond motifs is 1. The Labute approximate surface area is 149 Å². The zero-order chi connectivity index (χ0) is 18.5. The van der Waals surface area contributed by atoms with Crippen LogP contribution in [0, 0.1) is 17.5 Å². The Morgan fingerprint density at radius 1 is 1.04 bits per heavy atom. The van der Waals surface area contributed by atoms with Crippen molar-refractivity contribution in [3.8, 4) is 5.75 Å². The van der Waals surface area contributed by atoms with Gasteiger partial charge in [-0.05, 0) is 55.0 Å². The number of rotatable bonds is 5. The molecule has 2 aromatic rings. The molecule has 0 fully saturated rings. The van der Waals surface area contributed by atoms with Crippen molar-refractivity contribution in [2.75, 3.05) is 18.5 Å². The zero-order valence-corrected chi connectivity index (χ0v) is 14.1. The van der Waals surface area contributed by atoms with Gasteiger partial charge in [-0.25, -0.2) is 18.0 Å². The predicted octanol–water partition coefficient (Wildman–Crippen LogP) is 4.18. The lowest BCUT2D eigenvalue weighted by Gasteiger charge is -2.19. The predicted molar refractivity (Wildman–Crippen MR) is 91.9 cm³/mol. The van der Waals surface area contributed by atoms with E-state index in [1.807, 2.05) is 12.1 Å². The minimum Gasteiger partial charge on any atom is -0.491 e. The second kappa shape index (κ2) is 8.12. The third-order valence-electron chi connectivity index (χ3n) is 4.28. The van der Waals surface area contributed by atoms with Gasteiger partial charge in [-0.2, -0.15) is 0 Å². The molecule has 0 aliphatic heterocycles. The highest BCUT2D eigenvalue weighted by Gasteiger charge is 2.16. The number of benzene rings is 2. The van der Waals surface area contributed by atoms with Gasteiger partial charge in [0.1, 0.15) is 12.4 Å². The highest BCUT2D eigenvalue weighted by molar-refractivity contribution is 5.89. The van der Waals surface area contributed by atoms with Crippen LogP contribution in [0.4, 0.5) is 23.7 Å². The minimum absolute atomic E-state index is 0.181. The quantitative estimate of drug-likeness (QED) is 0.618. The van der Waals surface area contributed by atoms with Crippen molar-refractivity contribution in [1.82, 2.24) is 5.32 Å². The molecule has 2 N–H and O–H groups in total. The summed E-state index contributed by atoms with van der Waals surface area (Å²) in [6.45, 7) is 0.422. The van der Waals surface area contributed by atoms with Gasteiger partial charge in [-0.1, -0.05) is 12.1 Å². The van der Waals surface area contributed by atoms with E-state index in [1.54, 1.807) is 0 Å². The Morgan fingerprint density at radius 3 is 2.69 bits per heavy atom. The lowest BCUT2D eigenvalue weighted by atomic mass is 9.91. The number of nitrogens with one attached hydrogen (secondary N) is 2. The number of amides is 2. The Morgan fingerprint density at radius 2 is 1.85 bits per heavy atom. The van der Waals surface area contributed by atoms with E-state index in [4.69, 9.17) is 4.74 Å². The number of ether oxygens (including phenoxy) is 1. The monoisotopic (exact) mass is 364 g/mol. The summed E-state index contributed by atoms with van der Waals surface area (Å²) in [5, 5.41) is 4.62. The van der Waals surface area contributed by atoms with Crippen molar-refractivity contribution in [2.24, 2.45) is 0 Å². The van der Waals surface area contributed by atoms with E-state index in [0.717, 1.165) is 37.1 Å². The molecule has 0 unspecified atom stereocenters. The SMILES string of the molecule is O=C(NCCOc1cccc2c1CCCC2)Nc1ccc(F)c(F)c1F. The van der Waals surface area contributed by atoms with Gasteiger partial charge < -0.3 is 15.4 Å². The Bertz CT molecular complexity index is 812. The first-order chi connectivity index (χ1) is 12.6. The lowest BCUT2D eigenvalue weighted by molar-refractivity contribution is 0.247. The van der Waals surface area contributed by atoms with Gasteiger partial charge in [-0.3, -0.25) is 0 Å². The van der Waals surface area contributed by atoms with Crippen LogP contribution in [0.15, 0.2) is 30.3 Å². The van der Waals surface area contributed by atoms with Crippen LogP contribution in [0.2, 0.25) is 0 Å². The second-order valence-corrected chi connectivity index (χ2v) is 6.05. The molecule has 0 spiro atoms. The fraction of sp³-hybridized carbons (Fsp3) is 0.316. The molecule has 0 aromatic heterocycles. The number of halogens is 3. The average Bonchev–Trinajstić information content (AvgIpc) is 2.66. The van der Waals surface area contributed by atoms with Crippen LogP contribution >= 0.6 is 0 Å². The van der Waals surface area contributed by atoms with Crippen LogP contribution in [-0.2, 0) is 12.8 Å². The smallest absolute Gasteiger partial charge is 0.319 e. The molecule has 1 aliphatic carbocycles. The number of anilines is 1. The first kappa shape index (κ1) is 18.1. The number of carbonyl (C=O) groups is 1. The van der Waals surface area contributed by atoms with Crippen LogP contribution in [0.3, 0.4) is 0 Å². The van der Waals surface area contributed by atoms with Crippen molar-refractivity contribution in [1.29, 1.82) is 0 Å². The van der Waals surface area contributed by atoms with E-state index in [2.05, 4.69) is 16.7 Å². The Hall–Kier alpha value is -2.70. The summed E-state index contributed by atoms with van der Waals surface area (Å²) in [7, 11) is 0. The standard InChI is InChI=1S/C19H19F3N2O2/c20-14-8-9-15(18(22)17(14)21)24-19(25)23-10-11-26-16-7-3-5-12-4-1-2-6-13(12)16/h3,5,7-9H,1-2,4,6,10-11H2,(H2,23,24,25). The van der Waals surface area contributed by atoms with Crippen molar-refractivity contribution < 1.29 is 22.7 Å². The van der Waals surface area contributed by atoms with Gasteiger partial charge in [-0.15, -0.1) is 0 Å². The number of hydrogen-bond acceptors (Lipinski definition) is 2. The van der Waals surface area contributed by atoms with E-state index in [9.17, 15) is 18.0 Å². The van der Waals surface area contributed by atoms with Crippen LogP contribution in [0.25, 0.3) is 0 Å². The maximum absolute atomic E-state index is 13.5. The highest BCUT2D eigenvalue weighted by atomic mass is 19.2. The van der Waals surface area contributed by atoms with Gasteiger partial charge in [0.2, 0.25) is 0 Å². The van der Waals surface area contributed by atoms with E-state index in [-0.39, 0.29) is 13.2 Å². The molecule has 26 heavy (non-hydrogen) atoms. The molecule has 0 saturated heterocycles. The van der Waals surface area contributed by atoms with Gasteiger partial charge in [0.25, 0.3) is 0 Å². The van der Waals surface area contributed by atoms with Crippen molar-refractivity contribution >= 4 is 11.7 Å². The lowest BCUT2D eigenvalue weighted by Crippen LogP contribution is -2.32. The Kier molecular flexibility index (Phi) is 5.65. The van der Waals surface area contributed by atoms with E-state index in [1.165, 1.54) is 17.5 Å². The van der Waals surface area contributed by atoms with Crippen LogP contribution in [0.1, 0.15) is 24.0 Å². The molecule has 2 amide bonds. The summed E-state index contributed by atoms with van der Waals surface area (Å²) >= 11 is 0. The summed E-state index contributed by atoms with van der Waals surface area (Å²) < 4.78 is 45.2. The minimum atomic E-state index is -1.63. The summed E-state index contributed by atoms with van der Waals surface area (Å²) in [5.74, 6) is -3.56. The number of urea groups is 1. The summed E-state index contributed by atoms with van der Waals surface area (Å²) in [4.78, 5) is 11.7. The second-order valence-electron chi connectivity index (χ2n) is 6.05. The molecule has 0 bridgehead atoms. The fourth-order valence-electron chi connectivity index (χ4n) is 3.00. The van der Waals surface area contributed by atoms with Gasteiger partial charge in [0, 0.05) is 0 Å². The molecule has 0 atom stereocenters. The maximum atomic E-state index is 13.5. The molecule has 2 aromatic carbocycles. The van der Waals surface area contributed by atoms with Crippen LogP contribution < -0.4 is 15.4 Å².